The van der Waals surface area contributed by atoms with Gasteiger partial charge in [0.15, 0.2) is 0 Å². The molecule has 0 saturated carbocycles. The first kappa shape index (κ1) is 39.2. The normalized spacial score (nSPS) is 12.8. The van der Waals surface area contributed by atoms with Crippen LogP contribution in [0.5, 0.6) is 0 Å². The highest BCUT2D eigenvalue weighted by atomic mass is 15.1. The monoisotopic (exact) mass is 876 g/mol. The van der Waals surface area contributed by atoms with Gasteiger partial charge in [-0.15, -0.1) is 0 Å². The van der Waals surface area contributed by atoms with Gasteiger partial charge in [0, 0.05) is 27.7 Å². The highest BCUT2D eigenvalue weighted by Crippen LogP contribution is 2.62. The van der Waals surface area contributed by atoms with E-state index < -0.39 is 5.41 Å². The quantitative estimate of drug-likeness (QED) is 0.155. The first-order chi connectivity index (χ1) is 34.2. The van der Waals surface area contributed by atoms with Crippen molar-refractivity contribution in [1.82, 2.24) is 4.57 Å². The van der Waals surface area contributed by atoms with Gasteiger partial charge >= 0.3 is 0 Å². The minimum Gasteiger partial charge on any atom is -0.310 e. The molecule has 2 nitrogen and oxygen atoms in total. The van der Waals surface area contributed by atoms with Crippen LogP contribution in [0.4, 0.5) is 17.1 Å². The van der Waals surface area contributed by atoms with Gasteiger partial charge in [-0.2, -0.15) is 0 Å². The Bertz CT molecular complexity index is 3870. The summed E-state index contributed by atoms with van der Waals surface area (Å²) in [6.45, 7) is 0. The summed E-state index contributed by atoms with van der Waals surface area (Å²) in [4.78, 5) is 2.51. The fourth-order valence-corrected chi connectivity index (χ4v) is 11.8. The second kappa shape index (κ2) is 15.6. The summed E-state index contributed by atoms with van der Waals surface area (Å²) in [5, 5.41) is 2.47. The van der Waals surface area contributed by atoms with Crippen molar-refractivity contribution in [3.8, 4) is 61.3 Å². The molecule has 0 N–H and O–H groups in total. The van der Waals surface area contributed by atoms with Crippen LogP contribution in [0.1, 0.15) is 22.3 Å². The average Bonchev–Trinajstić information content (AvgIpc) is 3.92. The molecule has 12 aromatic rings. The lowest BCUT2D eigenvalue weighted by Crippen LogP contribution is -2.33. The van der Waals surface area contributed by atoms with Crippen LogP contribution in [0.15, 0.2) is 267 Å². The lowest BCUT2D eigenvalue weighted by molar-refractivity contribution is 0.748. The third-order valence-corrected chi connectivity index (χ3v) is 14.8. The van der Waals surface area contributed by atoms with Gasteiger partial charge in [0.1, 0.15) is 0 Å². The predicted molar refractivity (Wildman–Crippen MR) is 288 cm³/mol. The Labute approximate surface area is 402 Å². The number of benzene rings is 11. The Hall–Kier alpha value is -8.98. The Kier molecular flexibility index (Phi) is 8.84. The van der Waals surface area contributed by atoms with Gasteiger partial charge in [0.25, 0.3) is 0 Å². The SMILES string of the molecule is c1ccc(-c2ccc(-c3ccc(N(c4cc5c6c(c4)c4ccccc4n6-c4ccccc4C54c5ccccc5-c5ccccc54)c4ccccc4-c4ccc(-c5ccccc5)cc4)cc3)cc2)cc1. The maximum atomic E-state index is 2.54. The Morgan fingerprint density at radius 3 is 1.35 bits per heavy atom. The van der Waals surface area contributed by atoms with E-state index in [2.05, 4.69) is 276 Å². The van der Waals surface area contributed by atoms with E-state index in [1.54, 1.807) is 0 Å². The van der Waals surface area contributed by atoms with Gasteiger partial charge < -0.3 is 9.47 Å². The van der Waals surface area contributed by atoms with E-state index in [-0.39, 0.29) is 0 Å². The van der Waals surface area contributed by atoms with Gasteiger partial charge in [-0.1, -0.05) is 224 Å². The van der Waals surface area contributed by atoms with Crippen LogP contribution >= 0.6 is 0 Å². The zero-order chi connectivity index (χ0) is 45.5. The summed E-state index contributed by atoms with van der Waals surface area (Å²) in [6.07, 6.45) is 0. The predicted octanol–water partition coefficient (Wildman–Crippen LogP) is 17.6. The van der Waals surface area contributed by atoms with Crippen molar-refractivity contribution < 1.29 is 0 Å². The summed E-state index contributed by atoms with van der Waals surface area (Å²) < 4.78 is 2.54. The molecule has 0 atom stereocenters. The second-order valence-corrected chi connectivity index (χ2v) is 18.4. The van der Waals surface area contributed by atoms with Gasteiger partial charge in [-0.25, -0.2) is 0 Å². The highest BCUT2D eigenvalue weighted by molar-refractivity contribution is 6.14. The molecular weight excluding hydrogens is 833 g/mol. The largest absolute Gasteiger partial charge is 0.310 e. The Morgan fingerprint density at radius 1 is 0.290 bits per heavy atom. The summed E-state index contributed by atoms with van der Waals surface area (Å²) in [6, 6.07) is 98.7. The summed E-state index contributed by atoms with van der Waals surface area (Å²) >= 11 is 0. The number of aromatic nitrogens is 1. The fraction of sp³-hybridized carbons (Fsp3) is 0.0149. The molecule has 1 aliphatic heterocycles. The number of anilines is 3. The van der Waals surface area contributed by atoms with Crippen molar-refractivity contribution in [1.29, 1.82) is 0 Å². The van der Waals surface area contributed by atoms with Crippen LogP contribution in [0.3, 0.4) is 0 Å². The number of nitrogens with zero attached hydrogens (tertiary/aromatic N) is 2. The second-order valence-electron chi connectivity index (χ2n) is 18.4. The molecule has 322 valence electrons. The van der Waals surface area contributed by atoms with Crippen LogP contribution in [-0.4, -0.2) is 4.57 Å². The first-order valence-electron chi connectivity index (χ1n) is 23.9. The molecule has 69 heavy (non-hydrogen) atoms. The molecule has 0 fully saturated rings. The highest BCUT2D eigenvalue weighted by Gasteiger charge is 2.51. The summed E-state index contributed by atoms with van der Waals surface area (Å²) in [5.74, 6) is 0. The molecule has 2 aliphatic rings. The summed E-state index contributed by atoms with van der Waals surface area (Å²) in [5.41, 5.74) is 23.7. The van der Waals surface area contributed by atoms with Gasteiger partial charge in [0.05, 0.1) is 27.8 Å². The van der Waals surface area contributed by atoms with Gasteiger partial charge in [-0.05, 0) is 115 Å². The minimum atomic E-state index is -0.573. The third-order valence-electron chi connectivity index (χ3n) is 14.8. The topological polar surface area (TPSA) is 8.17 Å². The molecule has 14 rings (SSSR count). The fourth-order valence-electron chi connectivity index (χ4n) is 11.8. The van der Waals surface area contributed by atoms with Gasteiger partial charge in [-0.3, -0.25) is 0 Å². The van der Waals surface area contributed by atoms with Crippen molar-refractivity contribution >= 4 is 38.9 Å². The smallest absolute Gasteiger partial charge is 0.0755 e. The van der Waals surface area contributed by atoms with Crippen molar-refractivity contribution in [2.75, 3.05) is 4.90 Å². The lowest BCUT2D eigenvalue weighted by Gasteiger charge is -2.40. The maximum absolute atomic E-state index is 2.54. The van der Waals surface area contributed by atoms with Crippen LogP contribution in [0.2, 0.25) is 0 Å². The third kappa shape index (κ3) is 5.92. The number of fused-ring (bicyclic) bond motifs is 12. The average molecular weight is 877 g/mol. The molecule has 0 saturated heterocycles. The van der Waals surface area contributed by atoms with E-state index in [4.69, 9.17) is 0 Å². The molecule has 1 aliphatic carbocycles. The van der Waals surface area contributed by atoms with E-state index in [0.29, 0.717) is 0 Å². The zero-order valence-corrected chi connectivity index (χ0v) is 37.8. The number of hydrogen-bond donors (Lipinski definition) is 0. The molecule has 0 radical (unpaired) electrons. The van der Waals surface area contributed by atoms with Gasteiger partial charge in [0.2, 0.25) is 0 Å². The van der Waals surface area contributed by atoms with Crippen molar-refractivity contribution in [2.24, 2.45) is 0 Å². The maximum Gasteiger partial charge on any atom is 0.0755 e. The number of para-hydroxylation sites is 3. The van der Waals surface area contributed by atoms with Crippen molar-refractivity contribution in [3.05, 3.63) is 289 Å². The van der Waals surface area contributed by atoms with E-state index >= 15 is 0 Å². The zero-order valence-electron chi connectivity index (χ0n) is 37.8. The number of rotatable bonds is 7. The lowest BCUT2D eigenvalue weighted by atomic mass is 9.65. The minimum absolute atomic E-state index is 0.573. The Balaban J connectivity index is 1.03. The van der Waals surface area contributed by atoms with Crippen LogP contribution in [0.25, 0.3) is 83.1 Å². The van der Waals surface area contributed by atoms with Crippen LogP contribution < -0.4 is 4.90 Å². The van der Waals surface area contributed by atoms with Crippen LogP contribution in [0, 0.1) is 0 Å². The van der Waals surface area contributed by atoms with Crippen molar-refractivity contribution in [2.45, 2.75) is 5.41 Å². The van der Waals surface area contributed by atoms with Crippen molar-refractivity contribution in [3.63, 3.8) is 0 Å². The standard InChI is InChI=1S/C67H44N2/c1-3-17-45(18-4-1)47-31-33-49(34-32-47)50-39-41-52(42-40-50)68(63-28-14-9-21-54(63)51-37-35-48(36-38-51)46-19-5-2-6-20-46)53-43-58-57-24-10-15-29-64(57)69-65-30-16-13-27-61(65)67(62(44-53)66(58)69)59-25-11-7-22-55(59)56-23-8-12-26-60(56)67/h1-44H. The molecule has 1 spiro atoms. The van der Waals surface area contributed by atoms with E-state index in [1.165, 1.54) is 94.3 Å². The molecule has 0 bridgehead atoms. The molecule has 2 heterocycles. The van der Waals surface area contributed by atoms with E-state index in [1.807, 2.05) is 0 Å². The summed E-state index contributed by atoms with van der Waals surface area (Å²) in [7, 11) is 0. The van der Waals surface area contributed by atoms with E-state index in [0.717, 1.165) is 28.2 Å². The Morgan fingerprint density at radius 2 is 0.739 bits per heavy atom. The molecule has 1 aromatic heterocycles. The van der Waals surface area contributed by atoms with E-state index in [9.17, 15) is 0 Å². The molecule has 0 unspecified atom stereocenters. The number of hydrogen-bond acceptors (Lipinski definition) is 1. The molecular formula is C67H44N2. The molecule has 0 amide bonds. The first-order valence-corrected chi connectivity index (χ1v) is 23.9. The van der Waals surface area contributed by atoms with Crippen LogP contribution in [-0.2, 0) is 5.41 Å². The molecule has 11 aromatic carbocycles. The molecule has 2 heteroatoms.